The maximum Gasteiger partial charge on any atom is 0.0520 e. The first kappa shape index (κ1) is 38.2. The SMILES string of the molecule is Cc1ccc(N(c2ccc3c(c2)C(C)(C)c2cc(N(c4ccc(C)cc4)c4c(C)cc(C(C)(C)C)cc4C)ccc2-3)c2c(C)cc(C(C)(C)C)cc2C)cc1. The van der Waals surface area contributed by atoms with Gasteiger partial charge < -0.3 is 9.80 Å². The van der Waals surface area contributed by atoms with Crippen molar-refractivity contribution in [3.8, 4) is 11.1 Å². The molecule has 55 heavy (non-hydrogen) atoms. The lowest BCUT2D eigenvalue weighted by Crippen LogP contribution is -2.19. The zero-order valence-corrected chi connectivity index (χ0v) is 35.8. The molecule has 7 rings (SSSR count). The van der Waals surface area contributed by atoms with Crippen LogP contribution in [0.25, 0.3) is 11.1 Å². The monoisotopic (exact) mass is 724 g/mol. The number of aryl methyl sites for hydroxylation is 6. The second kappa shape index (κ2) is 13.6. The average Bonchev–Trinajstić information content (AvgIpc) is 3.33. The maximum atomic E-state index is 2.48. The molecular weight excluding hydrogens is 665 g/mol. The first-order valence-corrected chi connectivity index (χ1v) is 20.0. The molecule has 0 spiro atoms. The minimum atomic E-state index is -0.213. The standard InChI is InChI=1S/C53H60N2/c1-33-15-19-41(20-16-33)54(49-35(3)27-39(28-36(49)4)51(7,8)9)43-23-25-45-46-26-24-44(32-48(46)53(13,14)47(45)31-43)55(42-21-17-34(2)18-22-42)50-37(5)29-40(30-38(50)6)52(10,11)12/h15-32H,1-14H3. The Balaban J connectivity index is 1.37. The molecule has 0 aromatic heterocycles. The lowest BCUT2D eigenvalue weighted by Gasteiger charge is -2.32. The van der Waals surface area contributed by atoms with Crippen molar-refractivity contribution in [2.24, 2.45) is 0 Å². The maximum absolute atomic E-state index is 2.48. The Hall–Kier alpha value is -5.08. The van der Waals surface area contributed by atoms with Crippen LogP contribution >= 0.6 is 0 Å². The number of benzene rings is 6. The van der Waals surface area contributed by atoms with E-state index in [4.69, 9.17) is 0 Å². The first-order chi connectivity index (χ1) is 25.8. The summed E-state index contributed by atoms with van der Waals surface area (Å²) in [4.78, 5) is 4.96. The van der Waals surface area contributed by atoms with E-state index in [2.05, 4.69) is 216 Å². The topological polar surface area (TPSA) is 6.48 Å². The molecule has 0 fully saturated rings. The Kier molecular flexibility index (Phi) is 9.44. The summed E-state index contributed by atoms with van der Waals surface area (Å²) in [5, 5.41) is 0. The summed E-state index contributed by atoms with van der Waals surface area (Å²) in [6.07, 6.45) is 0. The summed E-state index contributed by atoms with van der Waals surface area (Å²) >= 11 is 0. The van der Waals surface area contributed by atoms with Gasteiger partial charge in [-0.25, -0.2) is 0 Å². The molecule has 0 saturated carbocycles. The number of nitrogens with zero attached hydrogens (tertiary/aromatic N) is 2. The summed E-state index contributed by atoms with van der Waals surface area (Å²) in [5.74, 6) is 0. The van der Waals surface area contributed by atoms with Gasteiger partial charge in [-0.2, -0.15) is 0 Å². The van der Waals surface area contributed by atoms with Crippen LogP contribution in [-0.2, 0) is 16.2 Å². The summed E-state index contributed by atoms with van der Waals surface area (Å²) in [7, 11) is 0. The third-order valence-electron chi connectivity index (χ3n) is 11.9. The first-order valence-electron chi connectivity index (χ1n) is 20.0. The molecule has 282 valence electrons. The van der Waals surface area contributed by atoms with Gasteiger partial charge in [0, 0.05) is 28.2 Å². The van der Waals surface area contributed by atoms with E-state index in [1.807, 2.05) is 0 Å². The number of hydrogen-bond donors (Lipinski definition) is 0. The molecule has 0 saturated heterocycles. The highest BCUT2D eigenvalue weighted by Crippen LogP contribution is 2.53. The van der Waals surface area contributed by atoms with Gasteiger partial charge in [0.25, 0.3) is 0 Å². The third-order valence-corrected chi connectivity index (χ3v) is 11.9. The largest absolute Gasteiger partial charge is 0.310 e. The summed E-state index contributed by atoms with van der Waals surface area (Å²) in [6.45, 7) is 32.0. The predicted molar refractivity (Wildman–Crippen MR) is 239 cm³/mol. The number of fused-ring (bicyclic) bond motifs is 3. The highest BCUT2D eigenvalue weighted by atomic mass is 15.2. The van der Waals surface area contributed by atoms with Gasteiger partial charge in [-0.3, -0.25) is 0 Å². The molecule has 0 bridgehead atoms. The van der Waals surface area contributed by atoms with Gasteiger partial charge in [-0.05, 0) is 157 Å². The zero-order valence-electron chi connectivity index (χ0n) is 35.8. The molecule has 2 heteroatoms. The number of hydrogen-bond acceptors (Lipinski definition) is 2. The zero-order chi connectivity index (χ0) is 39.8. The van der Waals surface area contributed by atoms with Gasteiger partial charge in [0.2, 0.25) is 0 Å². The lowest BCUT2D eigenvalue weighted by molar-refractivity contribution is 0.589. The molecule has 0 N–H and O–H groups in total. The molecule has 6 aromatic carbocycles. The van der Waals surface area contributed by atoms with Crippen molar-refractivity contribution in [2.75, 3.05) is 9.80 Å². The van der Waals surface area contributed by atoms with E-state index in [0.717, 1.165) is 0 Å². The second-order valence-corrected chi connectivity index (χ2v) is 18.8. The fourth-order valence-corrected chi connectivity index (χ4v) is 8.68. The molecule has 0 aliphatic heterocycles. The Morgan fingerprint density at radius 1 is 0.382 bits per heavy atom. The van der Waals surface area contributed by atoms with Gasteiger partial charge in [-0.15, -0.1) is 0 Å². The molecule has 0 heterocycles. The van der Waals surface area contributed by atoms with Crippen LogP contribution in [0.5, 0.6) is 0 Å². The smallest absolute Gasteiger partial charge is 0.0520 e. The Morgan fingerprint density at radius 2 is 0.673 bits per heavy atom. The van der Waals surface area contributed by atoms with Crippen molar-refractivity contribution in [1.82, 2.24) is 0 Å². The van der Waals surface area contributed by atoms with E-state index in [1.165, 1.54) is 101 Å². The molecule has 1 aliphatic rings. The highest BCUT2D eigenvalue weighted by molar-refractivity contribution is 5.89. The Morgan fingerprint density at radius 3 is 0.964 bits per heavy atom. The Bertz CT molecular complexity index is 2190. The number of rotatable bonds is 6. The predicted octanol–water partition coefficient (Wildman–Crippen LogP) is 15.4. The van der Waals surface area contributed by atoms with E-state index < -0.39 is 0 Å². The lowest BCUT2D eigenvalue weighted by atomic mass is 9.81. The van der Waals surface area contributed by atoms with Crippen LogP contribution in [0.1, 0.15) is 111 Å². The van der Waals surface area contributed by atoms with Crippen molar-refractivity contribution < 1.29 is 0 Å². The van der Waals surface area contributed by atoms with Crippen molar-refractivity contribution in [1.29, 1.82) is 0 Å². The quantitative estimate of drug-likeness (QED) is 0.169. The van der Waals surface area contributed by atoms with Crippen LogP contribution in [0.15, 0.2) is 109 Å². The van der Waals surface area contributed by atoms with Crippen LogP contribution in [-0.4, -0.2) is 0 Å². The molecule has 0 unspecified atom stereocenters. The summed E-state index contributed by atoms with van der Waals surface area (Å²) in [5.41, 5.74) is 22.9. The van der Waals surface area contributed by atoms with Gasteiger partial charge >= 0.3 is 0 Å². The molecule has 0 atom stereocenters. The van der Waals surface area contributed by atoms with Crippen molar-refractivity contribution in [2.45, 2.75) is 113 Å². The van der Waals surface area contributed by atoms with E-state index in [1.54, 1.807) is 0 Å². The fourth-order valence-electron chi connectivity index (χ4n) is 8.68. The van der Waals surface area contributed by atoms with E-state index in [-0.39, 0.29) is 16.2 Å². The molecule has 0 radical (unpaired) electrons. The average molecular weight is 725 g/mol. The van der Waals surface area contributed by atoms with Crippen LogP contribution in [0.2, 0.25) is 0 Å². The summed E-state index contributed by atoms with van der Waals surface area (Å²) in [6, 6.07) is 41.8. The molecule has 6 aromatic rings. The molecule has 1 aliphatic carbocycles. The van der Waals surface area contributed by atoms with Crippen LogP contribution in [0.3, 0.4) is 0 Å². The minimum absolute atomic E-state index is 0.0767. The van der Waals surface area contributed by atoms with Gasteiger partial charge in [0.1, 0.15) is 0 Å². The number of anilines is 6. The molecular formula is C53H60N2. The Labute approximate surface area is 331 Å². The van der Waals surface area contributed by atoms with Crippen molar-refractivity contribution >= 4 is 34.1 Å². The molecule has 0 amide bonds. The third kappa shape index (κ3) is 6.90. The van der Waals surface area contributed by atoms with Crippen LogP contribution in [0.4, 0.5) is 34.1 Å². The van der Waals surface area contributed by atoms with Crippen LogP contribution in [0, 0.1) is 41.5 Å². The van der Waals surface area contributed by atoms with Gasteiger partial charge in [0.05, 0.1) is 11.4 Å². The van der Waals surface area contributed by atoms with Crippen LogP contribution < -0.4 is 9.80 Å². The van der Waals surface area contributed by atoms with Gasteiger partial charge in [-0.1, -0.05) is 127 Å². The second-order valence-electron chi connectivity index (χ2n) is 18.8. The normalized spacial score (nSPS) is 13.4. The van der Waals surface area contributed by atoms with Crippen molar-refractivity contribution in [3.63, 3.8) is 0 Å². The van der Waals surface area contributed by atoms with E-state index >= 15 is 0 Å². The summed E-state index contributed by atoms with van der Waals surface area (Å²) < 4.78 is 0. The van der Waals surface area contributed by atoms with E-state index in [9.17, 15) is 0 Å². The van der Waals surface area contributed by atoms with Gasteiger partial charge in [0.15, 0.2) is 0 Å². The molecule has 2 nitrogen and oxygen atoms in total. The van der Waals surface area contributed by atoms with Crippen molar-refractivity contribution in [3.05, 3.63) is 165 Å². The highest BCUT2D eigenvalue weighted by Gasteiger charge is 2.37. The van der Waals surface area contributed by atoms with E-state index in [0.29, 0.717) is 0 Å². The minimum Gasteiger partial charge on any atom is -0.310 e. The fraction of sp³-hybridized carbons (Fsp3) is 0.321.